The number of hydrogen-bond acceptors (Lipinski definition) is 11. The maximum atomic E-state index is 12.8. The number of benzene rings is 2. The summed E-state index contributed by atoms with van der Waals surface area (Å²) >= 11 is 0. The van der Waals surface area contributed by atoms with E-state index in [1.807, 2.05) is 0 Å². The number of hydrogen-bond donors (Lipinski definition) is 5. The van der Waals surface area contributed by atoms with Gasteiger partial charge < -0.3 is 48.9 Å². The van der Waals surface area contributed by atoms with Gasteiger partial charge in [-0.15, -0.1) is 0 Å². The summed E-state index contributed by atoms with van der Waals surface area (Å²) < 4.78 is 27.4. The van der Waals surface area contributed by atoms with Crippen LogP contribution in [0.4, 0.5) is 0 Å². The van der Waals surface area contributed by atoms with E-state index in [4.69, 9.17) is 23.4 Å². The fourth-order valence-corrected chi connectivity index (χ4v) is 3.88. The highest BCUT2D eigenvalue weighted by molar-refractivity contribution is 5.89. The number of aliphatic hydroxyl groups excluding tert-OH is 3. The van der Waals surface area contributed by atoms with Crippen molar-refractivity contribution < 1.29 is 48.9 Å². The zero-order valence-electron chi connectivity index (χ0n) is 18.2. The van der Waals surface area contributed by atoms with Gasteiger partial charge in [-0.1, -0.05) is 0 Å². The summed E-state index contributed by atoms with van der Waals surface area (Å²) in [5.74, 6) is -0.727. The van der Waals surface area contributed by atoms with Crippen LogP contribution in [0, 0.1) is 0 Å². The lowest BCUT2D eigenvalue weighted by Crippen LogP contribution is -2.60. The molecule has 1 saturated heterocycles. The van der Waals surface area contributed by atoms with Crippen LogP contribution in [-0.4, -0.2) is 77.1 Å². The molecule has 0 amide bonds. The normalized spacial score (nSPS) is 24.8. The average Bonchev–Trinajstić information content (AvgIpc) is 2.82. The van der Waals surface area contributed by atoms with Gasteiger partial charge in [0.15, 0.2) is 16.9 Å². The van der Waals surface area contributed by atoms with E-state index in [1.54, 1.807) is 12.1 Å². The van der Waals surface area contributed by atoms with E-state index >= 15 is 0 Å². The molecule has 0 aliphatic carbocycles. The number of rotatable bonds is 6. The second-order valence-corrected chi connectivity index (χ2v) is 7.68. The first-order chi connectivity index (χ1) is 16.3. The molecule has 0 spiro atoms. The molecule has 5 N–H and O–H groups in total. The first-order valence-electron chi connectivity index (χ1n) is 10.3. The second-order valence-electron chi connectivity index (χ2n) is 7.68. The molecule has 0 radical (unpaired) electrons. The summed E-state index contributed by atoms with van der Waals surface area (Å²) in [4.78, 5) is 12.8. The predicted octanol–water partition coefficient (Wildman–Crippen LogP) is 0.713. The van der Waals surface area contributed by atoms with Crippen LogP contribution in [0.25, 0.3) is 22.3 Å². The summed E-state index contributed by atoms with van der Waals surface area (Å²) in [5.41, 5.74) is -0.109. The molecule has 11 nitrogen and oxygen atoms in total. The Labute approximate surface area is 192 Å². The Morgan fingerprint density at radius 2 is 1.74 bits per heavy atom. The SMILES string of the molecule is COc1c(O[C@@H]2O[C@H](CO)[C@@H](OC)[C@H](O)[C@H]2O)cc2oc(-c3ccc(O)cc3)cc(=O)c2c1O. The second kappa shape index (κ2) is 9.49. The summed E-state index contributed by atoms with van der Waals surface area (Å²) in [6.45, 7) is -0.521. The van der Waals surface area contributed by atoms with Crippen molar-refractivity contribution in [3.05, 3.63) is 46.6 Å². The van der Waals surface area contributed by atoms with Gasteiger partial charge in [0.2, 0.25) is 12.0 Å². The summed E-state index contributed by atoms with van der Waals surface area (Å²) in [7, 11) is 2.54. The number of fused-ring (bicyclic) bond motifs is 1. The Morgan fingerprint density at radius 3 is 2.35 bits per heavy atom. The van der Waals surface area contributed by atoms with Crippen molar-refractivity contribution in [2.45, 2.75) is 30.7 Å². The van der Waals surface area contributed by atoms with Gasteiger partial charge in [-0.3, -0.25) is 4.79 Å². The molecule has 0 bridgehead atoms. The lowest BCUT2D eigenvalue weighted by atomic mass is 9.99. The first-order valence-corrected chi connectivity index (χ1v) is 10.3. The van der Waals surface area contributed by atoms with Gasteiger partial charge in [-0.25, -0.2) is 0 Å². The maximum Gasteiger partial charge on any atom is 0.229 e. The minimum absolute atomic E-state index is 0.0371. The van der Waals surface area contributed by atoms with Crippen molar-refractivity contribution in [3.8, 4) is 34.3 Å². The zero-order valence-corrected chi connectivity index (χ0v) is 18.2. The van der Waals surface area contributed by atoms with Crippen molar-refractivity contribution in [1.82, 2.24) is 0 Å². The van der Waals surface area contributed by atoms with Crippen LogP contribution < -0.4 is 14.9 Å². The van der Waals surface area contributed by atoms with Crippen LogP contribution in [0.2, 0.25) is 0 Å². The summed E-state index contributed by atoms with van der Waals surface area (Å²) in [6.07, 6.45) is -6.51. The standard InChI is InChI=1S/C23H24O11/c1-30-21-15(33-23-20(29)19(28)22(31-2)16(9-24)34-23)8-14-17(18(21)27)12(26)7-13(32-14)10-3-5-11(25)6-4-10/h3-8,16,19-20,22-25,27-29H,9H2,1-2H3/t16-,19-,20-,22-,23-/m1/s1. The molecule has 0 saturated carbocycles. The number of phenolic OH excluding ortho intramolecular Hbond substituents is 2. The Kier molecular flexibility index (Phi) is 6.64. The Morgan fingerprint density at radius 1 is 1.03 bits per heavy atom. The maximum absolute atomic E-state index is 12.8. The van der Waals surface area contributed by atoms with Crippen molar-refractivity contribution in [2.24, 2.45) is 0 Å². The molecule has 1 aliphatic heterocycles. The van der Waals surface area contributed by atoms with E-state index in [-0.39, 0.29) is 34.0 Å². The van der Waals surface area contributed by atoms with Crippen LogP contribution in [0.5, 0.6) is 23.0 Å². The van der Waals surface area contributed by atoms with E-state index in [1.165, 1.54) is 38.5 Å². The lowest BCUT2D eigenvalue weighted by molar-refractivity contribution is -0.282. The van der Waals surface area contributed by atoms with Crippen molar-refractivity contribution in [2.75, 3.05) is 20.8 Å². The summed E-state index contributed by atoms with van der Waals surface area (Å²) in [5, 5.41) is 50.4. The van der Waals surface area contributed by atoms with Crippen LogP contribution in [0.15, 0.2) is 45.6 Å². The molecule has 11 heteroatoms. The Bertz CT molecular complexity index is 1220. The molecule has 5 atom stereocenters. The average molecular weight is 476 g/mol. The van der Waals surface area contributed by atoms with Gasteiger partial charge in [-0.05, 0) is 24.3 Å². The fraction of sp³-hybridized carbons (Fsp3) is 0.348. The van der Waals surface area contributed by atoms with Crippen LogP contribution >= 0.6 is 0 Å². The third kappa shape index (κ3) is 4.15. The van der Waals surface area contributed by atoms with Gasteiger partial charge in [0.1, 0.15) is 46.9 Å². The minimum atomic E-state index is -1.58. The molecular formula is C23H24O11. The quantitative estimate of drug-likeness (QED) is 0.340. The molecule has 1 fully saturated rings. The van der Waals surface area contributed by atoms with E-state index in [2.05, 4.69) is 0 Å². The number of phenols is 2. The van der Waals surface area contributed by atoms with Gasteiger partial charge in [-0.2, -0.15) is 0 Å². The fourth-order valence-electron chi connectivity index (χ4n) is 3.88. The van der Waals surface area contributed by atoms with E-state index in [0.717, 1.165) is 0 Å². The summed E-state index contributed by atoms with van der Waals surface area (Å²) in [6, 6.07) is 8.42. The molecule has 1 aliphatic rings. The highest BCUT2D eigenvalue weighted by Gasteiger charge is 2.46. The highest BCUT2D eigenvalue weighted by Crippen LogP contribution is 2.43. The Hall–Kier alpha value is -3.35. The predicted molar refractivity (Wildman–Crippen MR) is 117 cm³/mol. The molecule has 2 heterocycles. The minimum Gasteiger partial charge on any atom is -0.508 e. The van der Waals surface area contributed by atoms with E-state index in [0.29, 0.717) is 5.56 Å². The van der Waals surface area contributed by atoms with Gasteiger partial charge >= 0.3 is 0 Å². The van der Waals surface area contributed by atoms with Gasteiger partial charge in [0.05, 0.1) is 13.7 Å². The van der Waals surface area contributed by atoms with Crippen LogP contribution in [0.3, 0.4) is 0 Å². The molecule has 182 valence electrons. The molecular weight excluding hydrogens is 452 g/mol. The smallest absolute Gasteiger partial charge is 0.229 e. The topological polar surface area (TPSA) is 168 Å². The molecule has 0 unspecified atom stereocenters. The Balaban J connectivity index is 1.78. The zero-order chi connectivity index (χ0) is 24.6. The molecule has 34 heavy (non-hydrogen) atoms. The van der Waals surface area contributed by atoms with Crippen LogP contribution in [-0.2, 0) is 9.47 Å². The first kappa shape index (κ1) is 23.8. The van der Waals surface area contributed by atoms with Crippen LogP contribution in [0.1, 0.15) is 0 Å². The molecule has 3 aromatic rings. The van der Waals surface area contributed by atoms with E-state index in [9.17, 15) is 30.3 Å². The third-order valence-corrected chi connectivity index (χ3v) is 5.60. The van der Waals surface area contributed by atoms with Crippen molar-refractivity contribution in [1.29, 1.82) is 0 Å². The monoisotopic (exact) mass is 476 g/mol. The number of ether oxygens (including phenoxy) is 4. The molecule has 1 aromatic heterocycles. The largest absolute Gasteiger partial charge is 0.508 e. The number of aliphatic hydroxyl groups is 3. The van der Waals surface area contributed by atoms with E-state index < -0.39 is 48.5 Å². The lowest BCUT2D eigenvalue weighted by Gasteiger charge is -2.41. The molecule has 4 rings (SSSR count). The van der Waals surface area contributed by atoms with Crippen molar-refractivity contribution >= 4 is 11.0 Å². The number of aromatic hydroxyl groups is 2. The van der Waals surface area contributed by atoms with Gasteiger partial charge in [0, 0.05) is 24.8 Å². The number of methoxy groups -OCH3 is 2. The van der Waals surface area contributed by atoms with Gasteiger partial charge in [0.25, 0.3) is 0 Å². The molecule has 2 aromatic carbocycles. The highest BCUT2D eigenvalue weighted by atomic mass is 16.7. The van der Waals surface area contributed by atoms with Crippen molar-refractivity contribution in [3.63, 3.8) is 0 Å². The third-order valence-electron chi connectivity index (χ3n) is 5.60.